The molecule has 4 heteroatoms. The van der Waals surface area contributed by atoms with Crippen molar-refractivity contribution in [1.29, 1.82) is 0 Å². The molecular weight excluding hydrogens is 312 g/mol. The van der Waals surface area contributed by atoms with E-state index in [2.05, 4.69) is 39.1 Å². The van der Waals surface area contributed by atoms with Crippen molar-refractivity contribution in [1.82, 2.24) is 0 Å². The van der Waals surface area contributed by atoms with Gasteiger partial charge in [-0.25, -0.2) is 4.79 Å². The minimum atomic E-state index is -0.276. The quantitative estimate of drug-likeness (QED) is 0.611. The van der Waals surface area contributed by atoms with Gasteiger partial charge in [0.2, 0.25) is 0 Å². The SMILES string of the molecule is CC(C)c1ccsc1C(C)(C)SC(=O)OCc1ccccc1. The van der Waals surface area contributed by atoms with Gasteiger partial charge >= 0.3 is 5.30 Å². The summed E-state index contributed by atoms with van der Waals surface area (Å²) in [7, 11) is 0. The van der Waals surface area contributed by atoms with Crippen LogP contribution in [0.1, 0.15) is 49.6 Å². The maximum atomic E-state index is 12.2. The normalized spacial score (nSPS) is 11.7. The van der Waals surface area contributed by atoms with E-state index in [0.717, 1.165) is 5.56 Å². The Morgan fingerprint density at radius 3 is 2.55 bits per heavy atom. The molecule has 0 bridgehead atoms. The van der Waals surface area contributed by atoms with Crippen molar-refractivity contribution in [2.75, 3.05) is 0 Å². The standard InChI is InChI=1S/C18H22O2S2/c1-13(2)15-10-11-21-16(15)18(3,4)22-17(19)20-12-14-8-6-5-7-9-14/h5-11,13H,12H2,1-4H3. The lowest BCUT2D eigenvalue weighted by Gasteiger charge is -2.24. The summed E-state index contributed by atoms with van der Waals surface area (Å²) >= 11 is 2.97. The molecule has 0 saturated carbocycles. The van der Waals surface area contributed by atoms with E-state index in [-0.39, 0.29) is 10.0 Å². The van der Waals surface area contributed by atoms with Crippen LogP contribution < -0.4 is 0 Å². The van der Waals surface area contributed by atoms with E-state index < -0.39 is 0 Å². The third-order valence-electron chi connectivity index (χ3n) is 3.40. The first-order valence-corrected chi connectivity index (χ1v) is 9.07. The molecule has 1 heterocycles. The van der Waals surface area contributed by atoms with Crippen LogP contribution in [0, 0.1) is 0 Å². The van der Waals surface area contributed by atoms with Crippen LogP contribution in [0.25, 0.3) is 0 Å². The molecule has 0 N–H and O–H groups in total. The van der Waals surface area contributed by atoms with Crippen LogP contribution in [-0.4, -0.2) is 5.30 Å². The van der Waals surface area contributed by atoms with E-state index in [1.54, 1.807) is 11.3 Å². The molecule has 0 aliphatic carbocycles. The Kier molecular flexibility index (Phi) is 5.70. The highest BCUT2D eigenvalue weighted by atomic mass is 32.2. The lowest BCUT2D eigenvalue weighted by Crippen LogP contribution is -2.16. The molecule has 0 aliphatic heterocycles. The van der Waals surface area contributed by atoms with Gasteiger partial charge in [0.15, 0.2) is 0 Å². The third kappa shape index (κ3) is 4.37. The zero-order valence-corrected chi connectivity index (χ0v) is 15.1. The van der Waals surface area contributed by atoms with Crippen molar-refractivity contribution in [3.8, 4) is 0 Å². The second-order valence-electron chi connectivity index (χ2n) is 6.00. The zero-order chi connectivity index (χ0) is 16.2. The van der Waals surface area contributed by atoms with Crippen molar-refractivity contribution < 1.29 is 9.53 Å². The predicted octanol–water partition coefficient (Wildman–Crippen LogP) is 6.18. The van der Waals surface area contributed by atoms with E-state index in [1.165, 1.54) is 22.2 Å². The lowest BCUT2D eigenvalue weighted by atomic mass is 9.99. The number of ether oxygens (including phenoxy) is 1. The van der Waals surface area contributed by atoms with Gasteiger partial charge in [0.05, 0.1) is 4.75 Å². The van der Waals surface area contributed by atoms with Gasteiger partial charge in [0.25, 0.3) is 0 Å². The van der Waals surface area contributed by atoms with Crippen molar-refractivity contribution in [3.05, 3.63) is 57.8 Å². The number of thiophene rings is 1. The van der Waals surface area contributed by atoms with Crippen LogP contribution in [0.4, 0.5) is 4.79 Å². The summed E-state index contributed by atoms with van der Waals surface area (Å²) in [6, 6.07) is 11.9. The van der Waals surface area contributed by atoms with Gasteiger partial charge in [-0.3, -0.25) is 0 Å². The molecule has 118 valence electrons. The Balaban J connectivity index is 1.99. The number of thioether (sulfide) groups is 1. The minimum Gasteiger partial charge on any atom is -0.453 e. The van der Waals surface area contributed by atoms with Gasteiger partial charge in [-0.05, 0) is 54.1 Å². The van der Waals surface area contributed by atoms with Crippen LogP contribution >= 0.6 is 23.1 Å². The van der Waals surface area contributed by atoms with Crippen LogP contribution in [-0.2, 0) is 16.1 Å². The predicted molar refractivity (Wildman–Crippen MR) is 95.7 cm³/mol. The number of carbonyl (C=O) groups is 1. The number of benzene rings is 1. The van der Waals surface area contributed by atoms with Gasteiger partial charge < -0.3 is 4.74 Å². The molecule has 0 amide bonds. The Labute approximate surface area is 140 Å². The van der Waals surface area contributed by atoms with E-state index >= 15 is 0 Å². The molecule has 0 saturated heterocycles. The Bertz CT molecular complexity index is 615. The fraction of sp³-hybridized carbons (Fsp3) is 0.389. The summed E-state index contributed by atoms with van der Waals surface area (Å²) in [5.74, 6) is 0.460. The van der Waals surface area contributed by atoms with Gasteiger partial charge in [0.1, 0.15) is 6.61 Å². The Morgan fingerprint density at radius 1 is 1.23 bits per heavy atom. The molecule has 0 fully saturated rings. The summed E-state index contributed by atoms with van der Waals surface area (Å²) < 4.78 is 5.11. The summed E-state index contributed by atoms with van der Waals surface area (Å²) in [4.78, 5) is 13.4. The van der Waals surface area contributed by atoms with Gasteiger partial charge in [-0.1, -0.05) is 44.2 Å². The molecule has 0 radical (unpaired) electrons. The lowest BCUT2D eigenvalue weighted by molar-refractivity contribution is 0.168. The average Bonchev–Trinajstić information content (AvgIpc) is 2.96. The molecule has 1 aromatic carbocycles. The van der Waals surface area contributed by atoms with Gasteiger partial charge in [-0.2, -0.15) is 0 Å². The molecule has 2 nitrogen and oxygen atoms in total. The highest BCUT2D eigenvalue weighted by Crippen LogP contribution is 2.43. The first-order chi connectivity index (χ1) is 10.4. The number of hydrogen-bond acceptors (Lipinski definition) is 4. The highest BCUT2D eigenvalue weighted by Gasteiger charge is 2.30. The number of rotatable bonds is 5. The number of hydrogen-bond donors (Lipinski definition) is 0. The maximum absolute atomic E-state index is 12.2. The van der Waals surface area contributed by atoms with Crippen LogP contribution in [0.3, 0.4) is 0 Å². The largest absolute Gasteiger partial charge is 0.453 e. The molecule has 0 aliphatic rings. The second kappa shape index (κ2) is 7.34. The monoisotopic (exact) mass is 334 g/mol. The molecule has 22 heavy (non-hydrogen) atoms. The van der Waals surface area contributed by atoms with Crippen molar-refractivity contribution in [3.63, 3.8) is 0 Å². The summed E-state index contributed by atoms with van der Waals surface area (Å²) in [6.07, 6.45) is 0. The average molecular weight is 335 g/mol. The highest BCUT2D eigenvalue weighted by molar-refractivity contribution is 8.14. The third-order valence-corrected chi connectivity index (χ3v) is 5.78. The molecular formula is C18H22O2S2. The first kappa shape index (κ1) is 17.1. The summed E-state index contributed by atoms with van der Waals surface area (Å²) in [5, 5.41) is 1.87. The topological polar surface area (TPSA) is 26.3 Å². The number of carbonyl (C=O) groups excluding carboxylic acids is 1. The maximum Gasteiger partial charge on any atom is 0.368 e. The van der Waals surface area contributed by atoms with Gasteiger partial charge in [-0.15, -0.1) is 11.3 Å². The smallest absolute Gasteiger partial charge is 0.368 e. The molecule has 0 spiro atoms. The van der Waals surface area contributed by atoms with Crippen LogP contribution in [0.2, 0.25) is 0 Å². The van der Waals surface area contributed by atoms with Crippen LogP contribution in [0.15, 0.2) is 41.8 Å². The first-order valence-electron chi connectivity index (χ1n) is 7.37. The van der Waals surface area contributed by atoms with E-state index in [1.807, 2.05) is 30.3 Å². The van der Waals surface area contributed by atoms with Crippen LogP contribution in [0.5, 0.6) is 0 Å². The van der Waals surface area contributed by atoms with Crippen molar-refractivity contribution >= 4 is 28.4 Å². The fourth-order valence-corrected chi connectivity index (χ4v) is 4.35. The summed E-state index contributed by atoms with van der Waals surface area (Å²) in [6.45, 7) is 8.85. The molecule has 0 unspecified atom stereocenters. The molecule has 2 aromatic rings. The van der Waals surface area contributed by atoms with E-state index in [9.17, 15) is 4.79 Å². The Hall–Kier alpha value is -1.26. The Morgan fingerprint density at radius 2 is 1.91 bits per heavy atom. The van der Waals surface area contributed by atoms with E-state index in [0.29, 0.717) is 12.5 Å². The molecule has 0 atom stereocenters. The van der Waals surface area contributed by atoms with Crippen molar-refractivity contribution in [2.45, 2.75) is 45.0 Å². The van der Waals surface area contributed by atoms with E-state index in [4.69, 9.17) is 4.74 Å². The van der Waals surface area contributed by atoms with Crippen molar-refractivity contribution in [2.24, 2.45) is 0 Å². The minimum absolute atomic E-state index is 0.225. The fourth-order valence-electron chi connectivity index (χ4n) is 2.26. The molecule has 2 rings (SSSR count). The summed E-state index contributed by atoms with van der Waals surface area (Å²) in [5.41, 5.74) is 2.33. The second-order valence-corrected chi connectivity index (χ2v) is 8.47. The van der Waals surface area contributed by atoms with Gasteiger partial charge in [0, 0.05) is 4.88 Å². The molecule has 1 aromatic heterocycles. The zero-order valence-electron chi connectivity index (χ0n) is 13.5.